The Balaban J connectivity index is 1.73. The van der Waals surface area contributed by atoms with E-state index in [0.29, 0.717) is 11.6 Å². The molecular formula is C21H20N2O4S. The molecule has 0 spiro atoms. The summed E-state index contributed by atoms with van der Waals surface area (Å²) in [6.45, 7) is 0.369. The van der Waals surface area contributed by atoms with E-state index in [4.69, 9.17) is 9.84 Å². The van der Waals surface area contributed by atoms with Gasteiger partial charge in [-0.25, -0.2) is 9.78 Å². The van der Waals surface area contributed by atoms with Crippen molar-refractivity contribution in [2.24, 2.45) is 0 Å². The number of thiazole rings is 1. The second-order valence-corrected chi connectivity index (χ2v) is 6.91. The van der Waals surface area contributed by atoms with Gasteiger partial charge in [0.15, 0.2) is 5.13 Å². The maximum Gasteiger partial charge on any atom is 0.416 e. The minimum absolute atomic E-state index is 0.0284. The predicted molar refractivity (Wildman–Crippen MR) is 108 cm³/mol. The van der Waals surface area contributed by atoms with Gasteiger partial charge in [0, 0.05) is 23.9 Å². The summed E-state index contributed by atoms with van der Waals surface area (Å²) in [6, 6.07) is 19.1. The summed E-state index contributed by atoms with van der Waals surface area (Å²) in [6.07, 6.45) is -0.252. The fourth-order valence-electron chi connectivity index (χ4n) is 2.58. The zero-order chi connectivity index (χ0) is 19.8. The van der Waals surface area contributed by atoms with Crippen molar-refractivity contribution in [3.8, 4) is 11.3 Å². The molecule has 6 nitrogen and oxygen atoms in total. The first-order valence-corrected chi connectivity index (χ1v) is 9.72. The topological polar surface area (TPSA) is 79.7 Å². The number of carbonyl (C=O) groups is 2. The minimum atomic E-state index is -0.901. The number of aromatic nitrogens is 1. The largest absolute Gasteiger partial charge is 0.481 e. The lowest BCUT2D eigenvalue weighted by molar-refractivity contribution is -0.137. The van der Waals surface area contributed by atoms with Crippen LogP contribution in [0.5, 0.6) is 0 Å². The number of anilines is 1. The molecule has 0 radical (unpaired) electrons. The second kappa shape index (κ2) is 9.66. The lowest BCUT2D eigenvalue weighted by atomic mass is 10.2. The number of carbonyl (C=O) groups excluding carboxylic acids is 1. The maximum absolute atomic E-state index is 12.7. The van der Waals surface area contributed by atoms with Gasteiger partial charge in [-0.2, -0.15) is 0 Å². The van der Waals surface area contributed by atoms with E-state index in [1.165, 1.54) is 16.2 Å². The third-order valence-corrected chi connectivity index (χ3v) is 4.85. The van der Waals surface area contributed by atoms with E-state index in [1.807, 2.05) is 66.0 Å². The average molecular weight is 396 g/mol. The van der Waals surface area contributed by atoms with Crippen molar-refractivity contribution in [1.82, 2.24) is 4.98 Å². The van der Waals surface area contributed by atoms with Crippen LogP contribution in [-0.2, 0) is 16.1 Å². The van der Waals surface area contributed by atoms with Crippen molar-refractivity contribution in [1.29, 1.82) is 0 Å². The SMILES string of the molecule is O=C(O)CCCN(C(=O)OCc1ccccc1)c1nc(-c2ccccc2)cs1. The molecule has 0 aliphatic heterocycles. The van der Waals surface area contributed by atoms with E-state index in [9.17, 15) is 9.59 Å². The molecule has 0 aliphatic rings. The van der Waals surface area contributed by atoms with Gasteiger partial charge in [-0.15, -0.1) is 11.3 Å². The number of carboxylic acid groups (broad SMARTS) is 1. The second-order valence-electron chi connectivity index (χ2n) is 6.07. The number of hydrogen-bond acceptors (Lipinski definition) is 5. The Labute approximate surface area is 167 Å². The normalized spacial score (nSPS) is 10.4. The molecule has 0 aliphatic carbocycles. The lowest BCUT2D eigenvalue weighted by Crippen LogP contribution is -2.32. The van der Waals surface area contributed by atoms with E-state index < -0.39 is 12.1 Å². The monoisotopic (exact) mass is 396 g/mol. The Kier molecular flexibility index (Phi) is 6.75. The number of rotatable bonds is 8. The lowest BCUT2D eigenvalue weighted by Gasteiger charge is -2.19. The van der Waals surface area contributed by atoms with Crippen molar-refractivity contribution in [3.05, 3.63) is 71.6 Å². The smallest absolute Gasteiger partial charge is 0.416 e. The van der Waals surface area contributed by atoms with Crippen LogP contribution in [0.25, 0.3) is 11.3 Å². The van der Waals surface area contributed by atoms with Crippen molar-refractivity contribution >= 4 is 28.5 Å². The quantitative estimate of drug-likeness (QED) is 0.591. The number of ether oxygens (including phenoxy) is 1. The van der Waals surface area contributed by atoms with Crippen molar-refractivity contribution < 1.29 is 19.4 Å². The molecule has 0 unspecified atom stereocenters. The summed E-state index contributed by atoms with van der Waals surface area (Å²) in [4.78, 5) is 29.5. The zero-order valence-electron chi connectivity index (χ0n) is 15.2. The molecule has 3 aromatic rings. The molecule has 0 fully saturated rings. The van der Waals surface area contributed by atoms with Crippen LogP contribution >= 0.6 is 11.3 Å². The number of benzene rings is 2. The van der Waals surface area contributed by atoms with Gasteiger partial charge in [0.05, 0.1) is 5.69 Å². The molecule has 0 atom stereocenters. The van der Waals surface area contributed by atoms with E-state index in [1.54, 1.807) is 0 Å². The van der Waals surface area contributed by atoms with Crippen LogP contribution in [0.15, 0.2) is 66.0 Å². The third-order valence-electron chi connectivity index (χ3n) is 3.99. The summed E-state index contributed by atoms with van der Waals surface area (Å²) in [5.74, 6) is -0.901. The Morgan fingerprint density at radius 2 is 1.71 bits per heavy atom. The van der Waals surface area contributed by atoms with Gasteiger partial charge in [0.25, 0.3) is 0 Å². The Hall–Kier alpha value is -3.19. The summed E-state index contributed by atoms with van der Waals surface area (Å²) in [5.41, 5.74) is 2.60. The van der Waals surface area contributed by atoms with Crippen molar-refractivity contribution in [2.75, 3.05) is 11.4 Å². The molecule has 28 heavy (non-hydrogen) atoms. The summed E-state index contributed by atoms with van der Waals surface area (Å²) < 4.78 is 5.42. The fourth-order valence-corrected chi connectivity index (χ4v) is 3.43. The van der Waals surface area contributed by atoms with Gasteiger partial charge in [-0.3, -0.25) is 9.69 Å². The standard InChI is InChI=1S/C21H20N2O4S/c24-19(25)12-7-13-23(21(26)27-14-16-8-3-1-4-9-16)20-22-18(15-28-20)17-10-5-2-6-11-17/h1-6,8-11,15H,7,12-14H2,(H,24,25). The Bertz CT molecular complexity index is 912. The molecule has 1 aromatic heterocycles. The van der Waals surface area contributed by atoms with Gasteiger partial charge in [-0.1, -0.05) is 60.7 Å². The van der Waals surface area contributed by atoms with Crippen LogP contribution < -0.4 is 4.90 Å². The first-order chi connectivity index (χ1) is 13.6. The van der Waals surface area contributed by atoms with Gasteiger partial charge in [0.1, 0.15) is 6.61 Å². The van der Waals surface area contributed by atoms with E-state index in [-0.39, 0.29) is 19.6 Å². The van der Waals surface area contributed by atoms with Gasteiger partial charge in [-0.05, 0) is 12.0 Å². The molecule has 7 heteroatoms. The molecule has 0 saturated heterocycles. The van der Waals surface area contributed by atoms with Crippen LogP contribution in [0.4, 0.5) is 9.93 Å². The van der Waals surface area contributed by atoms with E-state index >= 15 is 0 Å². The van der Waals surface area contributed by atoms with Gasteiger partial charge < -0.3 is 9.84 Å². The van der Waals surface area contributed by atoms with Crippen LogP contribution in [0.2, 0.25) is 0 Å². The van der Waals surface area contributed by atoms with Crippen LogP contribution in [0, 0.1) is 0 Å². The summed E-state index contributed by atoms with van der Waals surface area (Å²) >= 11 is 1.33. The first-order valence-electron chi connectivity index (χ1n) is 8.84. The van der Waals surface area contributed by atoms with Crippen LogP contribution in [0.1, 0.15) is 18.4 Å². The van der Waals surface area contributed by atoms with Crippen LogP contribution in [-0.4, -0.2) is 28.7 Å². The Morgan fingerprint density at radius 3 is 2.39 bits per heavy atom. The third kappa shape index (κ3) is 5.40. The molecule has 0 bridgehead atoms. The predicted octanol–water partition coefficient (Wildman–Crippen LogP) is 4.82. The molecule has 3 rings (SSSR count). The number of carboxylic acids is 1. The van der Waals surface area contributed by atoms with E-state index in [0.717, 1.165) is 16.8 Å². The molecular weight excluding hydrogens is 376 g/mol. The highest BCUT2D eigenvalue weighted by atomic mass is 32.1. The summed E-state index contributed by atoms with van der Waals surface area (Å²) in [7, 11) is 0. The Morgan fingerprint density at radius 1 is 1.04 bits per heavy atom. The average Bonchev–Trinajstić information content (AvgIpc) is 3.20. The highest BCUT2D eigenvalue weighted by Gasteiger charge is 2.21. The molecule has 1 N–H and O–H groups in total. The van der Waals surface area contributed by atoms with Crippen LogP contribution in [0.3, 0.4) is 0 Å². The zero-order valence-corrected chi connectivity index (χ0v) is 16.0. The molecule has 2 aromatic carbocycles. The molecule has 144 valence electrons. The maximum atomic E-state index is 12.7. The fraction of sp³-hybridized carbons (Fsp3) is 0.190. The van der Waals surface area contributed by atoms with Crippen molar-refractivity contribution in [3.63, 3.8) is 0 Å². The number of nitrogens with zero attached hydrogens (tertiary/aromatic N) is 2. The molecule has 1 amide bonds. The van der Waals surface area contributed by atoms with Crippen molar-refractivity contribution in [2.45, 2.75) is 19.4 Å². The van der Waals surface area contributed by atoms with Gasteiger partial charge >= 0.3 is 12.1 Å². The minimum Gasteiger partial charge on any atom is -0.481 e. The highest BCUT2D eigenvalue weighted by Crippen LogP contribution is 2.28. The molecule has 1 heterocycles. The summed E-state index contributed by atoms with van der Waals surface area (Å²) in [5, 5.41) is 11.3. The highest BCUT2D eigenvalue weighted by molar-refractivity contribution is 7.14. The molecule has 0 saturated carbocycles. The van der Waals surface area contributed by atoms with Gasteiger partial charge in [0.2, 0.25) is 0 Å². The first kappa shape index (κ1) is 19.6. The number of hydrogen-bond donors (Lipinski definition) is 1. The number of aliphatic carboxylic acids is 1. The van der Waals surface area contributed by atoms with E-state index in [2.05, 4.69) is 4.98 Å². The number of amides is 1.